The minimum atomic E-state index is 1.11. The fraction of sp³-hybridized carbons (Fsp3) is 0. The van der Waals surface area contributed by atoms with Crippen molar-refractivity contribution in [2.45, 2.75) is 0 Å². The Morgan fingerprint density at radius 2 is 0.923 bits per heavy atom. The quantitative estimate of drug-likeness (QED) is 0.172. The van der Waals surface area contributed by atoms with Gasteiger partial charge in [0.25, 0.3) is 0 Å². The molecule has 0 bridgehead atoms. The Hall–Kier alpha value is -6.90. The summed E-state index contributed by atoms with van der Waals surface area (Å²) in [6, 6.07) is 74.6. The summed E-state index contributed by atoms with van der Waals surface area (Å²) in [6.45, 7) is 0. The number of fused-ring (bicyclic) bond motifs is 6. The maximum atomic E-state index is 2.41. The lowest BCUT2D eigenvalue weighted by atomic mass is 9.98. The van der Waals surface area contributed by atoms with Gasteiger partial charge in [-0.05, 0) is 104 Å². The summed E-state index contributed by atoms with van der Waals surface area (Å²) in [6.07, 6.45) is 0. The molecule has 244 valence electrons. The van der Waals surface area contributed by atoms with Crippen LogP contribution in [0.25, 0.3) is 71.3 Å². The van der Waals surface area contributed by atoms with Gasteiger partial charge < -0.3 is 9.47 Å². The molecule has 0 amide bonds. The van der Waals surface area contributed by atoms with Crippen LogP contribution >= 0.6 is 0 Å². The van der Waals surface area contributed by atoms with Crippen molar-refractivity contribution in [1.29, 1.82) is 0 Å². The summed E-state index contributed by atoms with van der Waals surface area (Å²) >= 11 is 0. The van der Waals surface area contributed by atoms with Gasteiger partial charge in [0.15, 0.2) is 0 Å². The highest BCUT2D eigenvalue weighted by Gasteiger charge is 2.17. The number of para-hydroxylation sites is 2. The first kappa shape index (κ1) is 30.0. The van der Waals surface area contributed by atoms with Crippen LogP contribution in [0, 0.1) is 0 Å². The molecule has 0 atom stereocenters. The zero-order valence-corrected chi connectivity index (χ0v) is 28.5. The van der Waals surface area contributed by atoms with Crippen molar-refractivity contribution in [3.8, 4) is 27.9 Å². The van der Waals surface area contributed by atoms with E-state index in [9.17, 15) is 0 Å². The molecule has 1 heterocycles. The first-order valence-corrected chi connectivity index (χ1v) is 17.9. The lowest BCUT2D eigenvalue weighted by Gasteiger charge is -2.26. The van der Waals surface area contributed by atoms with E-state index in [1.807, 2.05) is 0 Å². The van der Waals surface area contributed by atoms with Crippen molar-refractivity contribution in [3.63, 3.8) is 0 Å². The normalized spacial score (nSPS) is 11.5. The van der Waals surface area contributed by atoms with Crippen molar-refractivity contribution < 1.29 is 0 Å². The number of benzene rings is 9. The highest BCUT2D eigenvalue weighted by molar-refractivity contribution is 6.21. The van der Waals surface area contributed by atoms with Crippen molar-refractivity contribution in [2.75, 3.05) is 4.90 Å². The molecule has 0 radical (unpaired) electrons. The van der Waals surface area contributed by atoms with E-state index in [2.05, 4.69) is 216 Å². The predicted molar refractivity (Wildman–Crippen MR) is 221 cm³/mol. The molecular formula is C50H34N2. The zero-order valence-electron chi connectivity index (χ0n) is 28.5. The minimum Gasteiger partial charge on any atom is -0.310 e. The Kier molecular flexibility index (Phi) is 7.18. The largest absolute Gasteiger partial charge is 0.310 e. The number of hydrogen-bond acceptors (Lipinski definition) is 1. The molecule has 0 saturated heterocycles. The number of hydrogen-bond donors (Lipinski definition) is 0. The maximum Gasteiger partial charge on any atom is 0.0547 e. The summed E-state index contributed by atoms with van der Waals surface area (Å²) < 4.78 is 2.41. The summed E-state index contributed by atoms with van der Waals surface area (Å²) in [7, 11) is 0. The lowest BCUT2D eigenvalue weighted by Crippen LogP contribution is -2.09. The van der Waals surface area contributed by atoms with E-state index in [-0.39, 0.29) is 0 Å². The van der Waals surface area contributed by atoms with E-state index in [0.29, 0.717) is 0 Å². The molecule has 0 aliphatic heterocycles. The molecule has 0 N–H and O–H groups in total. The second kappa shape index (κ2) is 12.5. The van der Waals surface area contributed by atoms with Gasteiger partial charge in [-0.2, -0.15) is 0 Å². The van der Waals surface area contributed by atoms with E-state index in [0.717, 1.165) is 22.7 Å². The molecule has 52 heavy (non-hydrogen) atoms. The molecule has 2 nitrogen and oxygen atoms in total. The SMILES string of the molecule is c1ccc(N(c2ccc(-c3cccc4ccccc34)cc2)c2cccc(-c3ccc4c5c6ccccc6ccc5n(-c5ccccc5)c4c3)c2)cc1. The Labute approximate surface area is 303 Å². The van der Waals surface area contributed by atoms with Crippen LogP contribution in [0.4, 0.5) is 17.1 Å². The molecule has 0 saturated carbocycles. The Morgan fingerprint density at radius 3 is 1.73 bits per heavy atom. The number of rotatable bonds is 6. The van der Waals surface area contributed by atoms with E-state index in [1.54, 1.807) is 0 Å². The van der Waals surface area contributed by atoms with Gasteiger partial charge in [-0.15, -0.1) is 0 Å². The molecular weight excluding hydrogens is 629 g/mol. The summed E-state index contributed by atoms with van der Waals surface area (Å²) in [4.78, 5) is 2.35. The first-order chi connectivity index (χ1) is 25.8. The zero-order chi connectivity index (χ0) is 34.4. The third kappa shape index (κ3) is 5.04. The molecule has 1 aromatic heterocycles. The molecule has 9 aromatic carbocycles. The van der Waals surface area contributed by atoms with Gasteiger partial charge in [0.2, 0.25) is 0 Å². The first-order valence-electron chi connectivity index (χ1n) is 17.9. The number of aromatic nitrogens is 1. The molecule has 0 aliphatic carbocycles. The maximum absolute atomic E-state index is 2.41. The number of anilines is 3. The topological polar surface area (TPSA) is 8.17 Å². The van der Waals surface area contributed by atoms with Crippen molar-refractivity contribution in [2.24, 2.45) is 0 Å². The van der Waals surface area contributed by atoms with Crippen LogP contribution in [0.1, 0.15) is 0 Å². The molecule has 0 unspecified atom stereocenters. The molecule has 10 rings (SSSR count). The molecule has 10 aromatic rings. The third-order valence-corrected chi connectivity index (χ3v) is 10.3. The Balaban J connectivity index is 1.11. The number of nitrogens with zero attached hydrogens (tertiary/aromatic N) is 2. The van der Waals surface area contributed by atoms with E-state index in [4.69, 9.17) is 0 Å². The van der Waals surface area contributed by atoms with Gasteiger partial charge in [0, 0.05) is 33.5 Å². The van der Waals surface area contributed by atoms with E-state index >= 15 is 0 Å². The third-order valence-electron chi connectivity index (χ3n) is 10.3. The monoisotopic (exact) mass is 662 g/mol. The van der Waals surface area contributed by atoms with Crippen molar-refractivity contribution in [1.82, 2.24) is 4.57 Å². The summed E-state index contributed by atoms with van der Waals surface area (Å²) in [5, 5.41) is 7.60. The fourth-order valence-electron chi connectivity index (χ4n) is 7.94. The van der Waals surface area contributed by atoms with Crippen LogP contribution in [-0.4, -0.2) is 4.57 Å². The lowest BCUT2D eigenvalue weighted by molar-refractivity contribution is 1.18. The van der Waals surface area contributed by atoms with Gasteiger partial charge >= 0.3 is 0 Å². The van der Waals surface area contributed by atoms with Crippen LogP contribution in [0.2, 0.25) is 0 Å². The summed E-state index contributed by atoms with van der Waals surface area (Å²) in [5.74, 6) is 0. The molecule has 0 spiro atoms. The minimum absolute atomic E-state index is 1.11. The Morgan fingerprint density at radius 1 is 0.327 bits per heavy atom. The summed E-state index contributed by atoms with van der Waals surface area (Å²) in [5.41, 5.74) is 11.7. The second-order valence-electron chi connectivity index (χ2n) is 13.4. The van der Waals surface area contributed by atoms with Gasteiger partial charge in [-0.3, -0.25) is 0 Å². The van der Waals surface area contributed by atoms with Crippen LogP contribution in [0.5, 0.6) is 0 Å². The molecule has 2 heteroatoms. The highest BCUT2D eigenvalue weighted by Crippen LogP contribution is 2.41. The van der Waals surface area contributed by atoms with Crippen LogP contribution < -0.4 is 4.90 Å². The smallest absolute Gasteiger partial charge is 0.0547 e. The Bertz CT molecular complexity index is 2880. The van der Waals surface area contributed by atoms with Crippen molar-refractivity contribution >= 4 is 60.4 Å². The van der Waals surface area contributed by atoms with Gasteiger partial charge in [0.05, 0.1) is 11.0 Å². The van der Waals surface area contributed by atoms with Gasteiger partial charge in [-0.25, -0.2) is 0 Å². The average Bonchev–Trinajstić information content (AvgIpc) is 3.56. The van der Waals surface area contributed by atoms with Crippen molar-refractivity contribution in [3.05, 3.63) is 206 Å². The average molecular weight is 663 g/mol. The standard InChI is InChI=1S/C50H34N2/c1-3-17-40(18-4-1)51(42-29-25-37(26-30-42)45-24-12-15-35-13-7-9-22-44(35)45)43-21-11-16-38(33-43)39-27-31-47-49(34-39)52(41-19-5-2-6-20-41)48-32-28-36-14-8-10-23-46(36)50(47)48/h1-34H. The predicted octanol–water partition coefficient (Wildman–Crippen LogP) is 13.9. The van der Waals surface area contributed by atoms with E-state index in [1.165, 1.54) is 65.6 Å². The molecule has 0 fully saturated rings. The van der Waals surface area contributed by atoms with Gasteiger partial charge in [-0.1, -0.05) is 146 Å². The van der Waals surface area contributed by atoms with Gasteiger partial charge in [0.1, 0.15) is 0 Å². The second-order valence-corrected chi connectivity index (χ2v) is 13.4. The van der Waals surface area contributed by atoms with Crippen LogP contribution in [0.3, 0.4) is 0 Å². The van der Waals surface area contributed by atoms with E-state index < -0.39 is 0 Å². The highest BCUT2D eigenvalue weighted by atomic mass is 15.1. The van der Waals surface area contributed by atoms with Crippen LogP contribution in [-0.2, 0) is 0 Å². The molecule has 0 aliphatic rings. The van der Waals surface area contributed by atoms with Crippen LogP contribution in [0.15, 0.2) is 206 Å². The fourth-order valence-corrected chi connectivity index (χ4v) is 7.94.